The Balaban J connectivity index is 2.07. The van der Waals surface area contributed by atoms with Crippen LogP contribution in [0.1, 0.15) is 25.7 Å². The third-order valence-corrected chi connectivity index (χ3v) is 3.51. The minimum Gasteiger partial charge on any atom is -0.327 e. The molecule has 2 rings (SSSR count). The van der Waals surface area contributed by atoms with Crippen LogP contribution < -0.4 is 5.73 Å². The summed E-state index contributed by atoms with van der Waals surface area (Å²) in [6, 6.07) is 0.469. The summed E-state index contributed by atoms with van der Waals surface area (Å²) in [5.41, 5.74) is 5.86. The molecule has 0 aromatic carbocycles. The first-order valence-corrected chi connectivity index (χ1v) is 4.15. The van der Waals surface area contributed by atoms with Crippen LogP contribution in [-0.4, -0.2) is 10.8 Å². The van der Waals surface area contributed by atoms with Gasteiger partial charge in [0.2, 0.25) is 0 Å². The zero-order chi connectivity index (χ0) is 6.48. The van der Waals surface area contributed by atoms with Gasteiger partial charge in [-0.1, -0.05) is 6.42 Å². The maximum atomic E-state index is 5.86. The number of hydrogen-bond acceptors (Lipinski definition) is 2. The first kappa shape index (κ1) is 6.05. The van der Waals surface area contributed by atoms with Gasteiger partial charge >= 0.3 is 0 Å². The molecule has 52 valence electrons. The highest BCUT2D eigenvalue weighted by molar-refractivity contribution is 7.82. The lowest BCUT2D eigenvalue weighted by Gasteiger charge is -2.21. The minimum atomic E-state index is 0.387. The van der Waals surface area contributed by atoms with E-state index in [1.807, 2.05) is 0 Å². The van der Waals surface area contributed by atoms with Crippen LogP contribution in [0.15, 0.2) is 0 Å². The second kappa shape index (κ2) is 1.67. The number of thiol groups is 1. The fraction of sp³-hybridized carbons (Fsp3) is 1.00. The fourth-order valence-corrected chi connectivity index (χ4v) is 2.55. The SMILES string of the molecule is NC1CCCC2(S)CC12. The van der Waals surface area contributed by atoms with Crippen LogP contribution in [0.2, 0.25) is 0 Å². The van der Waals surface area contributed by atoms with Gasteiger partial charge in [0.15, 0.2) is 0 Å². The predicted octanol–water partition coefficient (Wildman–Crippen LogP) is 1.19. The summed E-state index contributed by atoms with van der Waals surface area (Å²) in [4.78, 5) is 0. The topological polar surface area (TPSA) is 26.0 Å². The lowest BCUT2D eigenvalue weighted by Crippen LogP contribution is -2.30. The highest BCUT2D eigenvalue weighted by atomic mass is 32.1. The largest absolute Gasteiger partial charge is 0.327 e. The molecule has 0 heterocycles. The van der Waals surface area contributed by atoms with E-state index in [1.165, 1.54) is 25.7 Å². The van der Waals surface area contributed by atoms with E-state index in [9.17, 15) is 0 Å². The van der Waals surface area contributed by atoms with E-state index < -0.39 is 0 Å². The molecule has 0 aromatic rings. The molecule has 0 amide bonds. The molecule has 0 aliphatic heterocycles. The van der Waals surface area contributed by atoms with Crippen molar-refractivity contribution in [2.24, 2.45) is 11.7 Å². The summed E-state index contributed by atoms with van der Waals surface area (Å²) < 4.78 is 0.387. The molecule has 2 N–H and O–H groups in total. The quantitative estimate of drug-likeness (QED) is 0.489. The van der Waals surface area contributed by atoms with Crippen molar-refractivity contribution in [2.75, 3.05) is 0 Å². The summed E-state index contributed by atoms with van der Waals surface area (Å²) in [6.07, 6.45) is 5.10. The van der Waals surface area contributed by atoms with Crippen molar-refractivity contribution in [3.8, 4) is 0 Å². The first-order chi connectivity index (χ1) is 4.22. The molecule has 0 bridgehead atoms. The van der Waals surface area contributed by atoms with E-state index in [1.54, 1.807) is 0 Å². The summed E-state index contributed by atoms with van der Waals surface area (Å²) in [7, 11) is 0. The van der Waals surface area contributed by atoms with E-state index in [2.05, 4.69) is 12.6 Å². The number of rotatable bonds is 0. The molecule has 2 aliphatic carbocycles. The Morgan fingerprint density at radius 3 is 2.89 bits per heavy atom. The summed E-state index contributed by atoms with van der Waals surface area (Å²) in [5, 5.41) is 0. The van der Waals surface area contributed by atoms with Gasteiger partial charge in [0.25, 0.3) is 0 Å². The van der Waals surface area contributed by atoms with Crippen LogP contribution in [0.5, 0.6) is 0 Å². The molecule has 9 heavy (non-hydrogen) atoms. The molecule has 2 fully saturated rings. The van der Waals surface area contributed by atoms with Crippen molar-refractivity contribution in [1.29, 1.82) is 0 Å². The Bertz CT molecular complexity index is 137. The van der Waals surface area contributed by atoms with Crippen LogP contribution in [-0.2, 0) is 0 Å². The van der Waals surface area contributed by atoms with Gasteiger partial charge in [0.05, 0.1) is 0 Å². The molecule has 0 saturated heterocycles. The molecule has 2 heteroatoms. The molecule has 3 atom stereocenters. The fourth-order valence-electron chi connectivity index (χ4n) is 2.00. The van der Waals surface area contributed by atoms with Crippen LogP contribution in [0.25, 0.3) is 0 Å². The lowest BCUT2D eigenvalue weighted by molar-refractivity contribution is 0.438. The van der Waals surface area contributed by atoms with Crippen LogP contribution in [0.3, 0.4) is 0 Å². The van der Waals surface area contributed by atoms with E-state index in [4.69, 9.17) is 5.73 Å². The Hall–Kier alpha value is 0.310. The second-order valence-electron chi connectivity index (χ2n) is 3.47. The van der Waals surface area contributed by atoms with Gasteiger partial charge in [0.1, 0.15) is 0 Å². The van der Waals surface area contributed by atoms with Crippen molar-refractivity contribution in [1.82, 2.24) is 0 Å². The Morgan fingerprint density at radius 2 is 2.33 bits per heavy atom. The lowest BCUT2D eigenvalue weighted by atomic mass is 9.96. The summed E-state index contributed by atoms with van der Waals surface area (Å²) in [5.74, 6) is 0.759. The van der Waals surface area contributed by atoms with Gasteiger partial charge in [-0.05, 0) is 25.2 Å². The van der Waals surface area contributed by atoms with Gasteiger partial charge in [-0.2, -0.15) is 12.6 Å². The smallest absolute Gasteiger partial charge is 0.0177 e. The van der Waals surface area contributed by atoms with Crippen molar-refractivity contribution in [3.05, 3.63) is 0 Å². The second-order valence-corrected chi connectivity index (χ2v) is 4.36. The van der Waals surface area contributed by atoms with Gasteiger partial charge < -0.3 is 5.73 Å². The van der Waals surface area contributed by atoms with Crippen molar-refractivity contribution < 1.29 is 0 Å². The van der Waals surface area contributed by atoms with Gasteiger partial charge in [-0.3, -0.25) is 0 Å². The van der Waals surface area contributed by atoms with Crippen molar-refractivity contribution in [2.45, 2.75) is 36.5 Å². The average molecular weight is 143 g/mol. The highest BCUT2D eigenvalue weighted by Gasteiger charge is 2.55. The molecule has 1 nitrogen and oxygen atoms in total. The zero-order valence-electron chi connectivity index (χ0n) is 5.51. The first-order valence-electron chi connectivity index (χ1n) is 3.70. The number of nitrogens with two attached hydrogens (primary N) is 1. The average Bonchev–Trinajstić information content (AvgIpc) is 2.43. The normalized spacial score (nSPS) is 56.7. The number of fused-ring (bicyclic) bond motifs is 1. The molecule has 2 saturated carbocycles. The summed E-state index contributed by atoms with van der Waals surface area (Å²) in [6.45, 7) is 0. The maximum absolute atomic E-state index is 5.86. The molecular formula is C7H13NS. The van der Waals surface area contributed by atoms with Crippen LogP contribution >= 0.6 is 12.6 Å². The zero-order valence-corrected chi connectivity index (χ0v) is 6.40. The predicted molar refractivity (Wildman–Crippen MR) is 41.7 cm³/mol. The molecule has 0 spiro atoms. The minimum absolute atomic E-state index is 0.387. The molecule has 0 radical (unpaired) electrons. The standard InChI is InChI=1S/C7H13NS/c8-6-2-1-3-7(9)4-5(6)7/h5-6,9H,1-4,8H2. The van der Waals surface area contributed by atoms with Gasteiger partial charge in [-0.25, -0.2) is 0 Å². The third-order valence-electron chi connectivity index (χ3n) is 2.77. The van der Waals surface area contributed by atoms with Crippen molar-refractivity contribution in [3.63, 3.8) is 0 Å². The monoisotopic (exact) mass is 143 g/mol. The third kappa shape index (κ3) is 0.802. The van der Waals surface area contributed by atoms with E-state index >= 15 is 0 Å². The highest BCUT2D eigenvalue weighted by Crippen LogP contribution is 2.57. The van der Waals surface area contributed by atoms with Gasteiger partial charge in [0, 0.05) is 10.8 Å². The molecule has 3 unspecified atom stereocenters. The summed E-state index contributed by atoms with van der Waals surface area (Å²) >= 11 is 4.57. The van der Waals surface area contributed by atoms with Gasteiger partial charge in [-0.15, -0.1) is 0 Å². The Morgan fingerprint density at radius 1 is 1.56 bits per heavy atom. The van der Waals surface area contributed by atoms with Crippen molar-refractivity contribution >= 4 is 12.6 Å². The van der Waals surface area contributed by atoms with Crippen LogP contribution in [0.4, 0.5) is 0 Å². The van der Waals surface area contributed by atoms with E-state index in [0.717, 1.165) is 5.92 Å². The van der Waals surface area contributed by atoms with E-state index in [0.29, 0.717) is 10.8 Å². The van der Waals surface area contributed by atoms with Crippen LogP contribution in [0, 0.1) is 5.92 Å². The maximum Gasteiger partial charge on any atom is 0.0177 e. The Kier molecular flexibility index (Phi) is 1.12. The molecular weight excluding hydrogens is 130 g/mol. The van der Waals surface area contributed by atoms with E-state index in [-0.39, 0.29) is 0 Å². The number of hydrogen-bond donors (Lipinski definition) is 2. The molecule has 2 aliphatic rings. The Labute approximate surface area is 61.4 Å². The molecule has 0 aromatic heterocycles.